The van der Waals surface area contributed by atoms with Crippen molar-refractivity contribution in [1.82, 2.24) is 15.2 Å². The number of nitrogens with zero attached hydrogens (tertiary/aromatic N) is 2. The topological polar surface area (TPSA) is 62.3 Å². The lowest BCUT2D eigenvalue weighted by molar-refractivity contribution is -0.122. The molecule has 0 bridgehead atoms. The Labute approximate surface area is 174 Å². The Hall–Kier alpha value is -3.54. The number of rotatable bonds is 6. The molecule has 0 radical (unpaired) electrons. The molecular weight excluding hydrogens is 381 g/mol. The van der Waals surface area contributed by atoms with Crippen molar-refractivity contribution in [3.05, 3.63) is 101 Å². The molecule has 0 aliphatic carbocycles. The van der Waals surface area contributed by atoms with Gasteiger partial charge in [0.2, 0.25) is 5.91 Å². The van der Waals surface area contributed by atoms with Crippen molar-refractivity contribution in [3.63, 3.8) is 0 Å². The normalized spacial score (nSPS) is 15.2. The van der Waals surface area contributed by atoms with Gasteiger partial charge in [-0.15, -0.1) is 0 Å². The molecule has 2 aromatic carbocycles. The van der Waals surface area contributed by atoms with Crippen LogP contribution in [0.25, 0.3) is 0 Å². The van der Waals surface area contributed by atoms with E-state index in [0.717, 1.165) is 16.7 Å². The second-order valence-corrected chi connectivity index (χ2v) is 7.48. The van der Waals surface area contributed by atoms with E-state index in [9.17, 15) is 14.0 Å². The number of hydrogen-bond acceptors (Lipinski definition) is 3. The molecule has 2 amide bonds. The lowest BCUT2D eigenvalue weighted by Crippen LogP contribution is -2.32. The van der Waals surface area contributed by atoms with Crippen LogP contribution in [0.2, 0.25) is 0 Å². The van der Waals surface area contributed by atoms with Crippen molar-refractivity contribution in [3.8, 4) is 0 Å². The summed E-state index contributed by atoms with van der Waals surface area (Å²) < 4.78 is 13.2. The molecule has 0 saturated carbocycles. The number of nitrogens with one attached hydrogen (secondary N) is 1. The molecular formula is C24H22FN3O2. The minimum atomic E-state index is -0.462. The molecule has 0 spiro atoms. The van der Waals surface area contributed by atoms with Crippen LogP contribution < -0.4 is 5.32 Å². The smallest absolute Gasteiger partial charge is 0.256 e. The van der Waals surface area contributed by atoms with Crippen LogP contribution in [-0.2, 0) is 17.9 Å². The number of aryl methyl sites for hydroxylation is 1. The molecule has 0 saturated heterocycles. The zero-order valence-corrected chi connectivity index (χ0v) is 16.6. The van der Waals surface area contributed by atoms with Gasteiger partial charge >= 0.3 is 0 Å². The SMILES string of the molecule is Cc1cccc(CNC(=O)C[C@H]2c3ncccc3C(=O)N2Cc2ccc(F)cc2)c1. The van der Waals surface area contributed by atoms with Crippen LogP contribution in [0.15, 0.2) is 66.9 Å². The Morgan fingerprint density at radius 3 is 2.67 bits per heavy atom. The molecule has 1 aliphatic heterocycles. The standard InChI is InChI=1S/C24H22FN3O2/c1-16-4-2-5-18(12-16)14-27-22(29)13-21-23-20(6-3-11-26-23)24(30)28(21)15-17-7-9-19(25)10-8-17/h2-12,21H,13-15H2,1H3,(H,27,29)/t21-/m0/s1. The van der Waals surface area contributed by atoms with Crippen molar-refractivity contribution in [2.45, 2.75) is 32.5 Å². The monoisotopic (exact) mass is 403 g/mol. The minimum absolute atomic E-state index is 0.114. The van der Waals surface area contributed by atoms with Crippen LogP contribution in [0.5, 0.6) is 0 Å². The van der Waals surface area contributed by atoms with E-state index in [1.165, 1.54) is 12.1 Å². The minimum Gasteiger partial charge on any atom is -0.352 e. The quantitative estimate of drug-likeness (QED) is 0.678. The fourth-order valence-electron chi connectivity index (χ4n) is 3.75. The van der Waals surface area contributed by atoms with Gasteiger partial charge in [0.1, 0.15) is 5.82 Å². The van der Waals surface area contributed by atoms with Gasteiger partial charge < -0.3 is 10.2 Å². The van der Waals surface area contributed by atoms with Gasteiger partial charge in [-0.05, 0) is 42.3 Å². The van der Waals surface area contributed by atoms with E-state index < -0.39 is 6.04 Å². The predicted octanol–water partition coefficient (Wildman–Crippen LogP) is 3.93. The Morgan fingerprint density at radius 1 is 1.10 bits per heavy atom. The van der Waals surface area contributed by atoms with E-state index in [1.54, 1.807) is 35.4 Å². The molecule has 30 heavy (non-hydrogen) atoms. The maximum atomic E-state index is 13.2. The summed E-state index contributed by atoms with van der Waals surface area (Å²) in [5.74, 6) is -0.653. The third-order valence-corrected chi connectivity index (χ3v) is 5.24. The number of amides is 2. The first-order valence-corrected chi connectivity index (χ1v) is 9.84. The van der Waals surface area contributed by atoms with E-state index in [4.69, 9.17) is 0 Å². The van der Waals surface area contributed by atoms with Crippen LogP contribution in [0.4, 0.5) is 4.39 Å². The number of pyridine rings is 1. The van der Waals surface area contributed by atoms with Gasteiger partial charge in [0, 0.05) is 19.3 Å². The molecule has 1 N–H and O–H groups in total. The molecule has 2 heterocycles. The van der Waals surface area contributed by atoms with E-state index in [1.807, 2.05) is 31.2 Å². The Balaban J connectivity index is 1.51. The molecule has 152 valence electrons. The number of hydrogen-bond donors (Lipinski definition) is 1. The lowest BCUT2D eigenvalue weighted by atomic mass is 10.1. The maximum Gasteiger partial charge on any atom is 0.256 e. The number of halogens is 1. The van der Waals surface area contributed by atoms with Crippen LogP contribution in [0.3, 0.4) is 0 Å². The zero-order chi connectivity index (χ0) is 21.1. The summed E-state index contributed by atoms with van der Waals surface area (Å²) in [7, 11) is 0. The first-order valence-electron chi connectivity index (χ1n) is 9.84. The summed E-state index contributed by atoms with van der Waals surface area (Å²) in [5, 5.41) is 2.94. The lowest BCUT2D eigenvalue weighted by Gasteiger charge is -2.24. The molecule has 3 aromatic rings. The van der Waals surface area contributed by atoms with E-state index >= 15 is 0 Å². The molecule has 0 fully saturated rings. The highest BCUT2D eigenvalue weighted by atomic mass is 19.1. The van der Waals surface area contributed by atoms with Crippen molar-refractivity contribution in [1.29, 1.82) is 0 Å². The van der Waals surface area contributed by atoms with Crippen LogP contribution in [-0.4, -0.2) is 21.7 Å². The summed E-state index contributed by atoms with van der Waals surface area (Å²) >= 11 is 0. The number of fused-ring (bicyclic) bond motifs is 1. The fraction of sp³-hybridized carbons (Fsp3) is 0.208. The van der Waals surface area contributed by atoms with Crippen LogP contribution in [0.1, 0.15) is 45.2 Å². The van der Waals surface area contributed by atoms with Crippen LogP contribution in [0, 0.1) is 12.7 Å². The molecule has 1 aliphatic rings. The maximum absolute atomic E-state index is 13.2. The second kappa shape index (κ2) is 8.45. The summed E-state index contributed by atoms with van der Waals surface area (Å²) in [5.41, 5.74) is 4.06. The van der Waals surface area contributed by atoms with Crippen molar-refractivity contribution in [2.24, 2.45) is 0 Å². The highest BCUT2D eigenvalue weighted by Gasteiger charge is 2.38. The van der Waals surface area contributed by atoms with Gasteiger partial charge in [0.15, 0.2) is 0 Å². The second-order valence-electron chi connectivity index (χ2n) is 7.48. The summed E-state index contributed by atoms with van der Waals surface area (Å²) in [4.78, 5) is 31.7. The summed E-state index contributed by atoms with van der Waals surface area (Å²) in [6.45, 7) is 2.71. The number of benzene rings is 2. The molecule has 4 rings (SSSR count). The molecule has 1 aromatic heterocycles. The summed E-state index contributed by atoms with van der Waals surface area (Å²) in [6, 6.07) is 17.0. The van der Waals surface area contributed by atoms with Gasteiger partial charge in [-0.3, -0.25) is 14.6 Å². The number of aromatic nitrogens is 1. The van der Waals surface area contributed by atoms with Gasteiger partial charge in [-0.25, -0.2) is 4.39 Å². The first-order chi connectivity index (χ1) is 14.5. The van der Waals surface area contributed by atoms with Crippen molar-refractivity contribution in [2.75, 3.05) is 0 Å². The van der Waals surface area contributed by atoms with Crippen molar-refractivity contribution >= 4 is 11.8 Å². The molecule has 6 heteroatoms. The van der Waals surface area contributed by atoms with E-state index in [0.29, 0.717) is 17.8 Å². The first kappa shape index (κ1) is 19.8. The third kappa shape index (κ3) is 4.22. The van der Waals surface area contributed by atoms with Gasteiger partial charge in [-0.2, -0.15) is 0 Å². The Kier molecular flexibility index (Phi) is 5.57. The average molecular weight is 403 g/mol. The van der Waals surface area contributed by atoms with Crippen molar-refractivity contribution < 1.29 is 14.0 Å². The van der Waals surface area contributed by atoms with E-state index in [2.05, 4.69) is 10.3 Å². The average Bonchev–Trinajstić information content (AvgIpc) is 3.00. The molecule has 1 atom stereocenters. The van der Waals surface area contributed by atoms with E-state index in [-0.39, 0.29) is 30.6 Å². The third-order valence-electron chi connectivity index (χ3n) is 5.24. The van der Waals surface area contributed by atoms with Gasteiger partial charge in [-0.1, -0.05) is 42.0 Å². The Morgan fingerprint density at radius 2 is 1.90 bits per heavy atom. The highest BCUT2D eigenvalue weighted by Crippen LogP contribution is 2.35. The highest BCUT2D eigenvalue weighted by molar-refractivity contribution is 5.99. The largest absolute Gasteiger partial charge is 0.352 e. The fourth-order valence-corrected chi connectivity index (χ4v) is 3.75. The predicted molar refractivity (Wildman–Crippen MR) is 111 cm³/mol. The van der Waals surface area contributed by atoms with Crippen LogP contribution >= 0.6 is 0 Å². The van der Waals surface area contributed by atoms with Gasteiger partial charge in [0.25, 0.3) is 5.91 Å². The zero-order valence-electron chi connectivity index (χ0n) is 16.6. The molecule has 0 unspecified atom stereocenters. The summed E-state index contributed by atoms with van der Waals surface area (Å²) in [6.07, 6.45) is 1.74. The number of carbonyl (C=O) groups excluding carboxylic acids is 2. The van der Waals surface area contributed by atoms with Gasteiger partial charge in [0.05, 0.1) is 23.7 Å². The Bertz CT molecular complexity index is 1080. The molecule has 5 nitrogen and oxygen atoms in total. The number of carbonyl (C=O) groups is 2.